The van der Waals surface area contributed by atoms with Crippen molar-refractivity contribution in [2.75, 3.05) is 6.54 Å². The molecule has 0 aliphatic carbocycles. The number of carbonyl (C=O) groups excluding carboxylic acids is 1. The Balaban J connectivity index is 1.85. The molecule has 1 aromatic carbocycles. The summed E-state index contributed by atoms with van der Waals surface area (Å²) in [5.41, 5.74) is 1.49. The Kier molecular flexibility index (Phi) is 2.47. The summed E-state index contributed by atoms with van der Waals surface area (Å²) in [5, 5.41) is 14.9. The second-order valence-corrected chi connectivity index (χ2v) is 4.19. The number of hydrogen-bond acceptors (Lipinski definition) is 4. The molecule has 1 amide bonds. The Morgan fingerprint density at radius 1 is 1.39 bits per heavy atom. The van der Waals surface area contributed by atoms with E-state index in [0.29, 0.717) is 25.2 Å². The molecule has 0 N–H and O–H groups in total. The van der Waals surface area contributed by atoms with Crippen LogP contribution in [0.2, 0.25) is 0 Å². The van der Waals surface area contributed by atoms with Crippen LogP contribution in [0, 0.1) is 5.21 Å². The van der Waals surface area contributed by atoms with Crippen molar-refractivity contribution in [3.05, 3.63) is 52.5 Å². The summed E-state index contributed by atoms with van der Waals surface area (Å²) >= 11 is 0. The highest BCUT2D eigenvalue weighted by Gasteiger charge is 2.35. The first-order valence-corrected chi connectivity index (χ1v) is 5.67. The number of carbonyl (C=O) groups is 1. The van der Waals surface area contributed by atoms with Crippen LogP contribution < -0.4 is 4.90 Å². The predicted octanol–water partition coefficient (Wildman–Crippen LogP) is 0.506. The molecule has 3 rings (SSSR count). The zero-order valence-electron chi connectivity index (χ0n) is 9.57. The number of amides is 1. The van der Waals surface area contributed by atoms with Crippen molar-refractivity contribution in [3.8, 4) is 0 Å². The van der Waals surface area contributed by atoms with Crippen LogP contribution in [0.25, 0.3) is 0 Å². The maximum absolute atomic E-state index is 12.1. The molecule has 1 aliphatic rings. The second-order valence-electron chi connectivity index (χ2n) is 4.19. The Morgan fingerprint density at radius 2 is 2.17 bits per heavy atom. The van der Waals surface area contributed by atoms with E-state index in [2.05, 4.69) is 9.79 Å². The maximum atomic E-state index is 12.1. The van der Waals surface area contributed by atoms with Crippen molar-refractivity contribution in [1.82, 2.24) is 10.1 Å². The molecular weight excluding hydrogens is 234 g/mol. The van der Waals surface area contributed by atoms with Crippen LogP contribution in [0.3, 0.4) is 0 Å². The molecule has 0 saturated heterocycles. The first-order valence-electron chi connectivity index (χ1n) is 5.67. The van der Waals surface area contributed by atoms with Gasteiger partial charge in [-0.25, -0.2) is 0 Å². The molecule has 6 nitrogen and oxygen atoms in total. The molecule has 0 radical (unpaired) electrons. The minimum atomic E-state index is -0.323. The van der Waals surface area contributed by atoms with Crippen molar-refractivity contribution in [2.45, 2.75) is 13.0 Å². The van der Waals surface area contributed by atoms with Gasteiger partial charge in [0.05, 0.1) is 0 Å². The van der Waals surface area contributed by atoms with Gasteiger partial charge in [-0.3, -0.25) is 9.42 Å². The first-order chi connectivity index (χ1) is 8.75. The van der Waals surface area contributed by atoms with Gasteiger partial charge in [0, 0.05) is 24.7 Å². The van der Waals surface area contributed by atoms with Crippen molar-refractivity contribution in [2.24, 2.45) is 0 Å². The summed E-state index contributed by atoms with van der Waals surface area (Å²) in [7, 11) is 0. The van der Waals surface area contributed by atoms with Gasteiger partial charge in [0.2, 0.25) is 5.69 Å². The van der Waals surface area contributed by atoms with Crippen molar-refractivity contribution < 1.29 is 14.3 Å². The molecule has 1 aliphatic heterocycles. The third kappa shape index (κ3) is 1.71. The van der Waals surface area contributed by atoms with E-state index in [4.69, 9.17) is 0 Å². The maximum Gasteiger partial charge on any atom is 0.302 e. The van der Waals surface area contributed by atoms with Crippen LogP contribution in [0.5, 0.6) is 0 Å². The average Bonchev–Trinajstić information content (AvgIpc) is 2.77. The van der Waals surface area contributed by atoms with Gasteiger partial charge >= 0.3 is 5.91 Å². The Morgan fingerprint density at radius 3 is 2.94 bits per heavy atom. The Labute approximate surface area is 103 Å². The van der Waals surface area contributed by atoms with Gasteiger partial charge in [0.15, 0.2) is 0 Å². The van der Waals surface area contributed by atoms with Gasteiger partial charge in [-0.05, 0) is 10.5 Å². The summed E-state index contributed by atoms with van der Waals surface area (Å²) in [6, 6.07) is 9.65. The smallest absolute Gasteiger partial charge is 0.302 e. The van der Waals surface area contributed by atoms with E-state index in [1.807, 2.05) is 30.3 Å². The number of benzene rings is 1. The highest BCUT2D eigenvalue weighted by atomic mass is 16.8. The number of aromatic nitrogens is 2. The topological polar surface area (TPSA) is 73.3 Å². The van der Waals surface area contributed by atoms with Crippen LogP contribution in [-0.2, 0) is 13.0 Å². The fraction of sp³-hybridized carbons (Fsp3) is 0.250. The molecular formula is C12H11N3O3. The van der Waals surface area contributed by atoms with Crippen molar-refractivity contribution in [3.63, 3.8) is 0 Å². The first kappa shape index (κ1) is 10.8. The summed E-state index contributed by atoms with van der Waals surface area (Å²) < 4.78 is 4.45. The van der Waals surface area contributed by atoms with E-state index >= 15 is 0 Å². The molecule has 1 aromatic heterocycles. The van der Waals surface area contributed by atoms with Gasteiger partial charge in [0.1, 0.15) is 0 Å². The van der Waals surface area contributed by atoms with Crippen LogP contribution in [0.15, 0.2) is 35.0 Å². The second kappa shape index (κ2) is 4.14. The van der Waals surface area contributed by atoms with Crippen LogP contribution in [0.4, 0.5) is 0 Å². The quantitative estimate of drug-likeness (QED) is 0.722. The van der Waals surface area contributed by atoms with E-state index in [1.165, 1.54) is 0 Å². The lowest BCUT2D eigenvalue weighted by Gasteiger charge is -2.23. The lowest BCUT2D eigenvalue weighted by atomic mass is 10.1. The largest absolute Gasteiger partial charge is 0.359 e. The lowest BCUT2D eigenvalue weighted by molar-refractivity contribution is -0.804. The van der Waals surface area contributed by atoms with E-state index in [9.17, 15) is 10.0 Å². The molecule has 0 atom stereocenters. The molecule has 2 heterocycles. The number of fused-ring (bicyclic) bond motifs is 1. The molecule has 0 fully saturated rings. The zero-order chi connectivity index (χ0) is 12.5. The molecule has 0 spiro atoms. The minimum absolute atomic E-state index is 0.0113. The van der Waals surface area contributed by atoms with E-state index < -0.39 is 0 Å². The monoisotopic (exact) mass is 245 g/mol. The Hall–Kier alpha value is -2.37. The highest BCUT2D eigenvalue weighted by Crippen LogP contribution is 2.16. The van der Waals surface area contributed by atoms with Gasteiger partial charge < -0.3 is 10.1 Å². The molecule has 6 heteroatoms. The third-order valence-electron chi connectivity index (χ3n) is 3.01. The fourth-order valence-electron chi connectivity index (χ4n) is 2.09. The molecule has 0 bridgehead atoms. The SMILES string of the molecule is O=C1c2c(no[n+]2[O-])CCN1Cc1ccccc1. The van der Waals surface area contributed by atoms with Crippen LogP contribution in [-0.4, -0.2) is 22.5 Å². The Bertz CT molecular complexity index is 580. The van der Waals surface area contributed by atoms with Gasteiger partial charge in [-0.2, -0.15) is 0 Å². The highest BCUT2D eigenvalue weighted by molar-refractivity contribution is 5.92. The summed E-state index contributed by atoms with van der Waals surface area (Å²) in [6.45, 7) is 1.04. The summed E-state index contributed by atoms with van der Waals surface area (Å²) in [5.74, 6) is -0.323. The van der Waals surface area contributed by atoms with Gasteiger partial charge in [0.25, 0.3) is 5.69 Å². The average molecular weight is 245 g/mol. The molecule has 92 valence electrons. The van der Waals surface area contributed by atoms with E-state index in [0.717, 1.165) is 5.56 Å². The van der Waals surface area contributed by atoms with Crippen molar-refractivity contribution >= 4 is 5.91 Å². The minimum Gasteiger partial charge on any atom is -0.359 e. The van der Waals surface area contributed by atoms with Gasteiger partial charge in [-0.1, -0.05) is 30.3 Å². The fourth-order valence-corrected chi connectivity index (χ4v) is 2.09. The molecule has 0 saturated carbocycles. The van der Waals surface area contributed by atoms with Crippen LogP contribution in [0.1, 0.15) is 21.7 Å². The summed E-state index contributed by atoms with van der Waals surface area (Å²) in [4.78, 5) is 13.9. The van der Waals surface area contributed by atoms with Crippen LogP contribution >= 0.6 is 0 Å². The predicted molar refractivity (Wildman–Crippen MR) is 60.3 cm³/mol. The van der Waals surface area contributed by atoms with Crippen molar-refractivity contribution in [1.29, 1.82) is 0 Å². The number of rotatable bonds is 2. The molecule has 0 unspecified atom stereocenters. The van der Waals surface area contributed by atoms with Gasteiger partial charge in [-0.15, -0.1) is 0 Å². The number of hydrogen-bond donors (Lipinski definition) is 0. The standard InChI is InChI=1S/C12H11N3O3/c16-12-11-10(13-18-15(11)17)6-7-14(12)8-9-4-2-1-3-5-9/h1-5H,6-8H2. The third-order valence-corrected chi connectivity index (χ3v) is 3.01. The molecule has 2 aromatic rings. The molecule has 18 heavy (non-hydrogen) atoms. The summed E-state index contributed by atoms with van der Waals surface area (Å²) in [6.07, 6.45) is 0.548. The lowest BCUT2D eigenvalue weighted by Crippen LogP contribution is -2.44. The van der Waals surface area contributed by atoms with E-state index in [1.54, 1.807) is 4.90 Å². The zero-order valence-corrected chi connectivity index (χ0v) is 9.57. The normalized spacial score (nSPS) is 14.7. The number of nitrogens with zero attached hydrogens (tertiary/aromatic N) is 3. The van der Waals surface area contributed by atoms with E-state index in [-0.39, 0.29) is 16.5 Å².